The molecule has 0 spiro atoms. The average molecular weight is 495 g/mol. The lowest BCUT2D eigenvalue weighted by molar-refractivity contribution is -0.0383. The molecule has 0 N–H and O–H groups in total. The average Bonchev–Trinajstić information content (AvgIpc) is 3.28. The van der Waals surface area contributed by atoms with Crippen molar-refractivity contribution in [3.63, 3.8) is 0 Å². The van der Waals surface area contributed by atoms with Crippen LogP contribution in [0.3, 0.4) is 0 Å². The molecule has 2 aromatic rings. The summed E-state index contributed by atoms with van der Waals surface area (Å²) in [6.45, 7) is 23.2. The highest BCUT2D eigenvalue weighted by Gasteiger charge is 2.46. The molecule has 1 saturated heterocycles. The Balaban J connectivity index is 1.88. The van der Waals surface area contributed by atoms with Gasteiger partial charge in [-0.15, -0.1) is 0 Å². The van der Waals surface area contributed by atoms with Crippen molar-refractivity contribution in [1.82, 2.24) is 19.5 Å². The van der Waals surface area contributed by atoms with Crippen LogP contribution in [0, 0.1) is 0 Å². The molecule has 10 heteroatoms. The Kier molecular flexibility index (Phi) is 7.19. The maximum atomic E-state index is 6.87. The van der Waals surface area contributed by atoms with E-state index in [9.17, 15) is 0 Å². The van der Waals surface area contributed by atoms with Crippen LogP contribution in [0.25, 0.3) is 11.2 Å². The SMILES string of the molecule is COc1ncnc2c1ncn2[C@H]1C[C@H](O[Si](C)(C)C(C)(C)C)[C@@H](CO[Si](C)(C)C(C)(C)C)O1. The van der Waals surface area contributed by atoms with Gasteiger partial charge in [0.2, 0.25) is 5.88 Å². The summed E-state index contributed by atoms with van der Waals surface area (Å²) in [4.78, 5) is 13.1. The molecule has 0 amide bonds. The second kappa shape index (κ2) is 9.03. The van der Waals surface area contributed by atoms with E-state index in [0.29, 0.717) is 23.7 Å². The number of hydrogen-bond donors (Lipinski definition) is 0. The highest BCUT2D eigenvalue weighted by molar-refractivity contribution is 6.74. The van der Waals surface area contributed by atoms with Crippen molar-refractivity contribution < 1.29 is 18.3 Å². The van der Waals surface area contributed by atoms with Crippen molar-refractivity contribution in [2.75, 3.05) is 13.7 Å². The summed E-state index contributed by atoms with van der Waals surface area (Å²) in [5.74, 6) is 0.462. The molecule has 8 nitrogen and oxygen atoms in total. The second-order valence-electron chi connectivity index (χ2n) is 12.1. The van der Waals surface area contributed by atoms with Gasteiger partial charge in [0.25, 0.3) is 0 Å². The number of aromatic nitrogens is 4. The Hall–Kier alpha value is -1.34. The zero-order valence-corrected chi connectivity index (χ0v) is 24.2. The van der Waals surface area contributed by atoms with E-state index in [4.69, 9.17) is 18.3 Å². The standard InChI is InChI=1S/C23H42N4O4Si2/c1-22(2,3)32(8,9)29-13-17-16(31-33(10,11)23(4,5)6)12-18(30-17)27-15-26-19-20(27)24-14-25-21(19)28-7/h14-18H,12-13H2,1-11H3/t16-,17+,18+/m0/s1. The molecular formula is C23H42N4O4Si2. The summed E-state index contributed by atoms with van der Waals surface area (Å²) in [5, 5.41) is 0.243. The molecule has 33 heavy (non-hydrogen) atoms. The zero-order valence-electron chi connectivity index (χ0n) is 22.2. The Morgan fingerprint density at radius 3 is 2.21 bits per heavy atom. The van der Waals surface area contributed by atoms with Gasteiger partial charge in [0.15, 0.2) is 27.8 Å². The zero-order chi connectivity index (χ0) is 24.8. The van der Waals surface area contributed by atoms with E-state index in [2.05, 4.69) is 82.7 Å². The number of methoxy groups -OCH3 is 1. The molecule has 0 radical (unpaired) electrons. The van der Waals surface area contributed by atoms with Gasteiger partial charge in [-0.2, -0.15) is 4.98 Å². The number of rotatable bonds is 7. The first-order valence-electron chi connectivity index (χ1n) is 11.8. The highest BCUT2D eigenvalue weighted by Crippen LogP contribution is 2.43. The quantitative estimate of drug-likeness (QED) is 0.468. The lowest BCUT2D eigenvalue weighted by Gasteiger charge is -2.40. The lowest BCUT2D eigenvalue weighted by Crippen LogP contribution is -2.48. The van der Waals surface area contributed by atoms with Gasteiger partial charge >= 0.3 is 0 Å². The number of nitrogens with zero attached hydrogens (tertiary/aromatic N) is 4. The van der Waals surface area contributed by atoms with E-state index >= 15 is 0 Å². The molecule has 1 aliphatic heterocycles. The van der Waals surface area contributed by atoms with Crippen LogP contribution in [-0.2, 0) is 13.6 Å². The fraction of sp³-hybridized carbons (Fsp3) is 0.783. The molecule has 3 atom stereocenters. The predicted molar refractivity (Wildman–Crippen MR) is 136 cm³/mol. The van der Waals surface area contributed by atoms with Crippen molar-refractivity contribution in [3.05, 3.63) is 12.7 Å². The van der Waals surface area contributed by atoms with Crippen LogP contribution in [0.5, 0.6) is 5.88 Å². The third kappa shape index (κ3) is 5.34. The molecule has 3 rings (SSSR count). The van der Waals surface area contributed by atoms with Crippen molar-refractivity contribution in [2.24, 2.45) is 0 Å². The summed E-state index contributed by atoms with van der Waals surface area (Å²) in [6.07, 6.45) is 3.53. The summed E-state index contributed by atoms with van der Waals surface area (Å²) in [5.41, 5.74) is 1.33. The van der Waals surface area contributed by atoms with E-state index in [1.807, 2.05) is 4.57 Å². The van der Waals surface area contributed by atoms with Crippen LogP contribution in [0.2, 0.25) is 36.3 Å². The van der Waals surface area contributed by atoms with Crippen LogP contribution in [0.15, 0.2) is 12.7 Å². The third-order valence-corrected chi connectivity index (χ3v) is 16.7. The fourth-order valence-electron chi connectivity index (χ4n) is 3.40. The first-order valence-corrected chi connectivity index (χ1v) is 17.6. The molecule has 1 aliphatic rings. The highest BCUT2D eigenvalue weighted by atomic mass is 28.4. The Morgan fingerprint density at radius 2 is 1.64 bits per heavy atom. The third-order valence-electron chi connectivity index (χ3n) is 7.68. The van der Waals surface area contributed by atoms with E-state index in [1.54, 1.807) is 13.4 Å². The minimum Gasteiger partial charge on any atom is -0.479 e. The number of imidazole rings is 1. The molecule has 3 heterocycles. The predicted octanol–water partition coefficient (Wildman–Crippen LogP) is 5.53. The van der Waals surface area contributed by atoms with E-state index in [1.165, 1.54) is 6.33 Å². The fourth-order valence-corrected chi connectivity index (χ4v) is 5.77. The lowest BCUT2D eigenvalue weighted by atomic mass is 10.2. The van der Waals surface area contributed by atoms with Gasteiger partial charge in [0.05, 0.1) is 26.1 Å². The van der Waals surface area contributed by atoms with Gasteiger partial charge in [-0.05, 0) is 36.3 Å². The van der Waals surface area contributed by atoms with E-state index < -0.39 is 16.6 Å². The largest absolute Gasteiger partial charge is 0.479 e. The minimum atomic E-state index is -2.00. The molecule has 2 aromatic heterocycles. The van der Waals surface area contributed by atoms with Crippen molar-refractivity contribution in [2.45, 2.75) is 103 Å². The maximum Gasteiger partial charge on any atom is 0.245 e. The van der Waals surface area contributed by atoms with Gasteiger partial charge in [-0.3, -0.25) is 4.57 Å². The van der Waals surface area contributed by atoms with Crippen molar-refractivity contribution >= 4 is 27.8 Å². The van der Waals surface area contributed by atoms with Gasteiger partial charge in [-0.1, -0.05) is 41.5 Å². The summed E-state index contributed by atoms with van der Waals surface area (Å²) >= 11 is 0. The minimum absolute atomic E-state index is 0.0538. The number of hydrogen-bond acceptors (Lipinski definition) is 7. The molecule has 0 aliphatic carbocycles. The topological polar surface area (TPSA) is 80.5 Å². The smallest absolute Gasteiger partial charge is 0.245 e. The first kappa shape index (κ1) is 26.3. The van der Waals surface area contributed by atoms with E-state index in [0.717, 1.165) is 6.42 Å². The molecule has 186 valence electrons. The monoisotopic (exact) mass is 494 g/mol. The van der Waals surface area contributed by atoms with Crippen LogP contribution in [0.4, 0.5) is 0 Å². The Labute approximate surface area is 200 Å². The molecule has 1 fully saturated rings. The van der Waals surface area contributed by atoms with Gasteiger partial charge < -0.3 is 18.3 Å². The van der Waals surface area contributed by atoms with Gasteiger partial charge in [0, 0.05) is 6.42 Å². The van der Waals surface area contributed by atoms with Crippen molar-refractivity contribution in [1.29, 1.82) is 0 Å². The van der Waals surface area contributed by atoms with Gasteiger partial charge in [-0.25, -0.2) is 9.97 Å². The maximum absolute atomic E-state index is 6.87. The summed E-state index contributed by atoms with van der Waals surface area (Å²) in [6, 6.07) is 0. The van der Waals surface area contributed by atoms with E-state index in [-0.39, 0.29) is 28.5 Å². The molecule has 0 saturated carbocycles. The second-order valence-corrected chi connectivity index (χ2v) is 21.6. The van der Waals surface area contributed by atoms with Crippen LogP contribution >= 0.6 is 0 Å². The molecule has 0 aromatic carbocycles. The first-order chi connectivity index (χ1) is 15.1. The molecular weight excluding hydrogens is 452 g/mol. The normalized spacial score (nSPS) is 22.8. The number of fused-ring (bicyclic) bond motifs is 1. The van der Waals surface area contributed by atoms with Crippen LogP contribution in [-0.4, -0.2) is 62.1 Å². The van der Waals surface area contributed by atoms with Crippen LogP contribution < -0.4 is 4.74 Å². The Bertz CT molecular complexity index is 966. The number of ether oxygens (including phenoxy) is 2. The summed E-state index contributed by atoms with van der Waals surface area (Å²) in [7, 11) is -2.34. The van der Waals surface area contributed by atoms with Crippen LogP contribution in [0.1, 0.15) is 54.2 Å². The molecule has 0 unspecified atom stereocenters. The van der Waals surface area contributed by atoms with Crippen molar-refractivity contribution in [3.8, 4) is 5.88 Å². The summed E-state index contributed by atoms with van der Waals surface area (Å²) < 4.78 is 27.4. The molecule has 0 bridgehead atoms. The Morgan fingerprint density at radius 1 is 1.00 bits per heavy atom. The van der Waals surface area contributed by atoms with Gasteiger partial charge in [0.1, 0.15) is 18.7 Å².